The number of anilines is 3. The number of urea groups is 1. The second-order valence-electron chi connectivity index (χ2n) is 6.63. The Kier molecular flexibility index (Phi) is 5.77. The fourth-order valence-electron chi connectivity index (χ4n) is 2.99. The number of rotatable bonds is 4. The number of aromatic nitrogens is 1. The highest BCUT2D eigenvalue weighted by Crippen LogP contribution is 2.22. The number of para-hydroxylation sites is 1. The van der Waals surface area contributed by atoms with Gasteiger partial charge in [-0.3, -0.25) is 4.79 Å². The molecule has 1 heterocycles. The van der Waals surface area contributed by atoms with Crippen molar-refractivity contribution in [3.05, 3.63) is 95.4 Å². The van der Waals surface area contributed by atoms with Gasteiger partial charge in [0.15, 0.2) is 0 Å². The van der Waals surface area contributed by atoms with Crippen LogP contribution < -0.4 is 16.0 Å². The lowest BCUT2D eigenvalue weighted by atomic mass is 10.1. The fourth-order valence-corrected chi connectivity index (χ4v) is 3.19. The summed E-state index contributed by atoms with van der Waals surface area (Å²) in [5, 5.41) is 9.01. The number of carbonyl (C=O) groups excluding carboxylic acids is 2. The summed E-state index contributed by atoms with van der Waals surface area (Å²) < 4.78 is 12.9. The van der Waals surface area contributed by atoms with Gasteiger partial charge in [-0.2, -0.15) is 0 Å². The number of hydrogen-bond acceptors (Lipinski definition) is 3. The van der Waals surface area contributed by atoms with Crippen molar-refractivity contribution in [1.29, 1.82) is 0 Å². The molecule has 0 aliphatic rings. The lowest BCUT2D eigenvalue weighted by Crippen LogP contribution is -2.19. The second kappa shape index (κ2) is 8.81. The van der Waals surface area contributed by atoms with Gasteiger partial charge < -0.3 is 16.0 Å². The summed E-state index contributed by atoms with van der Waals surface area (Å²) in [4.78, 5) is 29.1. The summed E-state index contributed by atoms with van der Waals surface area (Å²) in [6, 6.07) is 20.4. The number of nitrogens with one attached hydrogen (secondary N) is 3. The zero-order valence-electron chi connectivity index (χ0n) is 16.0. The van der Waals surface area contributed by atoms with Crippen LogP contribution >= 0.6 is 11.6 Å². The molecular formula is C23H16ClFN4O2. The van der Waals surface area contributed by atoms with Gasteiger partial charge in [0.25, 0.3) is 5.91 Å². The molecule has 0 saturated heterocycles. The molecule has 0 unspecified atom stereocenters. The van der Waals surface area contributed by atoms with Crippen LogP contribution in [0.3, 0.4) is 0 Å². The van der Waals surface area contributed by atoms with Crippen LogP contribution in [0.15, 0.2) is 78.9 Å². The van der Waals surface area contributed by atoms with Crippen LogP contribution in [0.25, 0.3) is 10.9 Å². The second-order valence-corrected chi connectivity index (χ2v) is 7.01. The van der Waals surface area contributed by atoms with Gasteiger partial charge in [0.05, 0.1) is 11.1 Å². The first-order valence-corrected chi connectivity index (χ1v) is 9.66. The Morgan fingerprint density at radius 2 is 1.32 bits per heavy atom. The van der Waals surface area contributed by atoms with Gasteiger partial charge in [0, 0.05) is 22.4 Å². The number of benzene rings is 3. The molecule has 6 nitrogen and oxygen atoms in total. The van der Waals surface area contributed by atoms with Gasteiger partial charge in [-0.25, -0.2) is 14.2 Å². The van der Waals surface area contributed by atoms with E-state index in [1.54, 1.807) is 36.4 Å². The zero-order valence-corrected chi connectivity index (χ0v) is 16.8. The van der Waals surface area contributed by atoms with Crippen molar-refractivity contribution < 1.29 is 14.0 Å². The van der Waals surface area contributed by atoms with E-state index in [2.05, 4.69) is 20.9 Å². The maximum Gasteiger partial charge on any atom is 0.323 e. The first-order valence-electron chi connectivity index (χ1n) is 9.28. The van der Waals surface area contributed by atoms with Crippen molar-refractivity contribution in [2.75, 3.05) is 16.0 Å². The third-order valence-electron chi connectivity index (χ3n) is 4.43. The fraction of sp³-hybridized carbons (Fsp3) is 0. The maximum absolute atomic E-state index is 12.9. The van der Waals surface area contributed by atoms with Crippen molar-refractivity contribution in [3.8, 4) is 0 Å². The monoisotopic (exact) mass is 434 g/mol. The summed E-state index contributed by atoms with van der Waals surface area (Å²) >= 11 is 6.05. The minimum absolute atomic E-state index is 0.232. The van der Waals surface area contributed by atoms with Crippen LogP contribution in [0, 0.1) is 5.82 Å². The highest BCUT2D eigenvalue weighted by molar-refractivity contribution is 6.30. The third-order valence-corrected chi connectivity index (χ3v) is 4.63. The van der Waals surface area contributed by atoms with E-state index >= 15 is 0 Å². The molecule has 4 rings (SSSR count). The van der Waals surface area contributed by atoms with E-state index in [0.29, 0.717) is 33.5 Å². The molecule has 0 radical (unpaired) electrons. The highest BCUT2D eigenvalue weighted by atomic mass is 35.5. The number of fused-ring (bicyclic) bond motifs is 1. The molecule has 3 N–H and O–H groups in total. The lowest BCUT2D eigenvalue weighted by molar-refractivity contribution is 0.102. The Labute approximate surface area is 182 Å². The van der Waals surface area contributed by atoms with E-state index in [0.717, 1.165) is 0 Å². The van der Waals surface area contributed by atoms with E-state index in [4.69, 9.17) is 11.6 Å². The van der Waals surface area contributed by atoms with Gasteiger partial charge in [-0.15, -0.1) is 0 Å². The van der Waals surface area contributed by atoms with E-state index in [-0.39, 0.29) is 16.9 Å². The minimum Gasteiger partial charge on any atom is -0.322 e. The molecule has 3 amide bonds. The van der Waals surface area contributed by atoms with Gasteiger partial charge in [0.1, 0.15) is 11.0 Å². The summed E-state index contributed by atoms with van der Waals surface area (Å²) in [7, 11) is 0. The predicted octanol–water partition coefficient (Wildman–Crippen LogP) is 5.92. The largest absolute Gasteiger partial charge is 0.323 e. The number of nitrogens with zero attached hydrogens (tertiary/aromatic N) is 1. The molecule has 0 spiro atoms. The van der Waals surface area contributed by atoms with Gasteiger partial charge in [-0.05, 0) is 60.7 Å². The maximum atomic E-state index is 12.9. The molecule has 0 aliphatic carbocycles. The molecule has 0 atom stereocenters. The number of amides is 3. The first-order chi connectivity index (χ1) is 15.0. The van der Waals surface area contributed by atoms with E-state index in [1.807, 2.05) is 12.1 Å². The number of carbonyl (C=O) groups is 2. The number of halogens is 2. The lowest BCUT2D eigenvalue weighted by Gasteiger charge is -2.10. The van der Waals surface area contributed by atoms with Crippen molar-refractivity contribution in [1.82, 2.24) is 4.98 Å². The van der Waals surface area contributed by atoms with Crippen molar-refractivity contribution in [2.45, 2.75) is 0 Å². The molecule has 3 aromatic carbocycles. The van der Waals surface area contributed by atoms with Crippen molar-refractivity contribution in [2.24, 2.45) is 0 Å². The molecule has 0 saturated carbocycles. The standard InChI is InChI=1S/C23H16ClFN4O2/c24-21-13-19(18-3-1-2-4-20(18)29-21)22(30)26-15-9-11-17(12-10-15)28-23(31)27-16-7-5-14(25)6-8-16/h1-13H,(H,26,30)(H2,27,28,31). The first kappa shape index (κ1) is 20.3. The normalized spacial score (nSPS) is 10.5. The van der Waals surface area contributed by atoms with E-state index < -0.39 is 6.03 Å². The van der Waals surface area contributed by atoms with Gasteiger partial charge in [0.2, 0.25) is 0 Å². The molecule has 8 heteroatoms. The van der Waals surface area contributed by atoms with Crippen LogP contribution in [0.4, 0.5) is 26.2 Å². The molecule has 0 fully saturated rings. The number of hydrogen-bond donors (Lipinski definition) is 3. The highest BCUT2D eigenvalue weighted by Gasteiger charge is 2.13. The third kappa shape index (κ3) is 4.96. The Morgan fingerprint density at radius 1 is 0.774 bits per heavy atom. The molecule has 154 valence electrons. The molecule has 4 aromatic rings. The van der Waals surface area contributed by atoms with Crippen LogP contribution in [0.1, 0.15) is 10.4 Å². The Bertz CT molecular complexity index is 1260. The Hall–Kier alpha value is -3.97. The summed E-state index contributed by atoms with van der Waals surface area (Å²) in [6.07, 6.45) is 0. The molecular weight excluding hydrogens is 419 g/mol. The smallest absolute Gasteiger partial charge is 0.322 e. The predicted molar refractivity (Wildman–Crippen MR) is 120 cm³/mol. The Balaban J connectivity index is 1.42. The van der Waals surface area contributed by atoms with Gasteiger partial charge >= 0.3 is 6.03 Å². The Morgan fingerprint density at radius 3 is 1.97 bits per heavy atom. The summed E-state index contributed by atoms with van der Waals surface area (Å²) in [6.45, 7) is 0. The van der Waals surface area contributed by atoms with Crippen LogP contribution in [0.5, 0.6) is 0 Å². The van der Waals surface area contributed by atoms with Crippen LogP contribution in [-0.4, -0.2) is 16.9 Å². The zero-order chi connectivity index (χ0) is 21.8. The van der Waals surface area contributed by atoms with Crippen molar-refractivity contribution >= 4 is 51.5 Å². The van der Waals surface area contributed by atoms with E-state index in [1.165, 1.54) is 30.3 Å². The summed E-state index contributed by atoms with van der Waals surface area (Å²) in [5.41, 5.74) is 2.58. The van der Waals surface area contributed by atoms with Gasteiger partial charge in [-0.1, -0.05) is 29.8 Å². The molecule has 1 aromatic heterocycles. The minimum atomic E-state index is -0.471. The topological polar surface area (TPSA) is 83.1 Å². The summed E-state index contributed by atoms with van der Waals surface area (Å²) in [5.74, 6) is -0.708. The number of pyridine rings is 1. The molecule has 31 heavy (non-hydrogen) atoms. The molecule has 0 bridgehead atoms. The molecule has 0 aliphatic heterocycles. The quantitative estimate of drug-likeness (QED) is 0.348. The average molecular weight is 435 g/mol. The average Bonchev–Trinajstić information content (AvgIpc) is 2.76. The van der Waals surface area contributed by atoms with Crippen LogP contribution in [0.2, 0.25) is 5.15 Å². The van der Waals surface area contributed by atoms with E-state index in [9.17, 15) is 14.0 Å². The van der Waals surface area contributed by atoms with Crippen molar-refractivity contribution in [3.63, 3.8) is 0 Å². The SMILES string of the molecule is O=C(Nc1ccc(F)cc1)Nc1ccc(NC(=O)c2cc(Cl)nc3ccccc23)cc1. The van der Waals surface area contributed by atoms with Crippen LogP contribution in [-0.2, 0) is 0 Å².